The minimum absolute atomic E-state index is 0.282. The fourth-order valence-corrected chi connectivity index (χ4v) is 3.11. The molecule has 0 aromatic heterocycles. The summed E-state index contributed by atoms with van der Waals surface area (Å²) in [6.45, 7) is 6.50. The molecule has 0 aliphatic carbocycles. The Hall–Kier alpha value is -1.35. The highest BCUT2D eigenvalue weighted by Gasteiger charge is 2.10. The van der Waals surface area contributed by atoms with Crippen molar-refractivity contribution in [2.75, 3.05) is 6.61 Å². The van der Waals surface area contributed by atoms with Crippen molar-refractivity contribution in [3.63, 3.8) is 0 Å². The Morgan fingerprint density at radius 3 is 2.08 bits per heavy atom. The van der Waals surface area contributed by atoms with Gasteiger partial charge < -0.3 is 9.47 Å². The highest BCUT2D eigenvalue weighted by Crippen LogP contribution is 2.18. The predicted octanol–water partition coefficient (Wildman–Crippen LogP) is 6.09. The lowest BCUT2D eigenvalue weighted by molar-refractivity contribution is -0.131. The van der Waals surface area contributed by atoms with E-state index in [1.807, 2.05) is 24.3 Å². The van der Waals surface area contributed by atoms with Crippen LogP contribution in [0.25, 0.3) is 0 Å². The van der Waals surface area contributed by atoms with Gasteiger partial charge in [0.05, 0.1) is 6.10 Å². The maximum Gasteiger partial charge on any atom is 0.308 e. The van der Waals surface area contributed by atoms with Crippen LogP contribution in [0.4, 0.5) is 0 Å². The van der Waals surface area contributed by atoms with Crippen molar-refractivity contribution in [1.82, 2.24) is 0 Å². The summed E-state index contributed by atoms with van der Waals surface area (Å²) in [6, 6.07) is 7.77. The van der Waals surface area contributed by atoms with Crippen LogP contribution in [0.5, 0.6) is 5.75 Å². The minimum Gasteiger partial charge on any atom is -0.427 e. The third-order valence-corrected chi connectivity index (χ3v) is 4.43. The second-order valence-electron chi connectivity index (χ2n) is 6.78. The van der Waals surface area contributed by atoms with Crippen LogP contribution in [0.15, 0.2) is 24.3 Å². The fraction of sp³-hybridized carbons (Fsp3) is 0.682. The first-order valence-electron chi connectivity index (χ1n) is 10.0. The molecule has 1 unspecified atom stereocenters. The van der Waals surface area contributed by atoms with Gasteiger partial charge in [-0.3, -0.25) is 4.79 Å². The van der Waals surface area contributed by atoms with Crippen LogP contribution in [0, 0.1) is 0 Å². The summed E-state index contributed by atoms with van der Waals surface area (Å²) in [5.41, 5.74) is 1.23. The molecule has 0 saturated carbocycles. The molecule has 1 aromatic rings. The zero-order chi connectivity index (χ0) is 18.3. The van der Waals surface area contributed by atoms with Crippen LogP contribution in [-0.2, 0) is 16.0 Å². The van der Waals surface area contributed by atoms with Crippen molar-refractivity contribution in [3.8, 4) is 5.75 Å². The first-order chi connectivity index (χ1) is 12.2. The van der Waals surface area contributed by atoms with Crippen molar-refractivity contribution in [3.05, 3.63) is 29.8 Å². The van der Waals surface area contributed by atoms with E-state index < -0.39 is 0 Å². The molecule has 0 radical (unpaired) electrons. The van der Waals surface area contributed by atoms with Crippen molar-refractivity contribution < 1.29 is 14.3 Å². The summed E-state index contributed by atoms with van der Waals surface area (Å²) < 4.78 is 11.0. The Labute approximate surface area is 154 Å². The smallest absolute Gasteiger partial charge is 0.308 e. The topological polar surface area (TPSA) is 35.5 Å². The number of esters is 1. The Morgan fingerprint density at radius 2 is 1.52 bits per heavy atom. The average Bonchev–Trinajstić information content (AvgIpc) is 2.58. The highest BCUT2D eigenvalue weighted by atomic mass is 16.5. The van der Waals surface area contributed by atoms with Crippen LogP contribution >= 0.6 is 0 Å². The Morgan fingerprint density at radius 1 is 0.920 bits per heavy atom. The van der Waals surface area contributed by atoms with E-state index >= 15 is 0 Å². The maximum absolute atomic E-state index is 11.0. The number of hydrogen-bond donors (Lipinski definition) is 0. The summed E-state index contributed by atoms with van der Waals surface area (Å²) in [6.07, 6.45) is 13.1. The van der Waals surface area contributed by atoms with E-state index in [2.05, 4.69) is 13.8 Å². The van der Waals surface area contributed by atoms with Crippen LogP contribution in [0.3, 0.4) is 0 Å². The van der Waals surface area contributed by atoms with Crippen molar-refractivity contribution in [2.45, 2.75) is 91.1 Å². The second-order valence-corrected chi connectivity index (χ2v) is 6.78. The van der Waals surface area contributed by atoms with Gasteiger partial charge in [-0.15, -0.1) is 0 Å². The second kappa shape index (κ2) is 13.9. The third-order valence-electron chi connectivity index (χ3n) is 4.43. The molecule has 3 nitrogen and oxygen atoms in total. The van der Waals surface area contributed by atoms with Crippen LogP contribution in [0.2, 0.25) is 0 Å². The van der Waals surface area contributed by atoms with Gasteiger partial charge in [0.25, 0.3) is 0 Å². The average molecular weight is 349 g/mol. The van der Waals surface area contributed by atoms with E-state index in [4.69, 9.17) is 9.47 Å². The fourth-order valence-electron chi connectivity index (χ4n) is 3.11. The monoisotopic (exact) mass is 348 g/mol. The van der Waals surface area contributed by atoms with E-state index in [1.54, 1.807) is 0 Å². The number of rotatable bonds is 14. The van der Waals surface area contributed by atoms with Crippen molar-refractivity contribution in [2.24, 2.45) is 0 Å². The number of hydrogen-bond acceptors (Lipinski definition) is 3. The summed E-state index contributed by atoms with van der Waals surface area (Å²) in [4.78, 5) is 11.0. The van der Waals surface area contributed by atoms with Crippen molar-refractivity contribution >= 4 is 5.97 Å². The maximum atomic E-state index is 11.0. The van der Waals surface area contributed by atoms with E-state index in [-0.39, 0.29) is 12.1 Å². The van der Waals surface area contributed by atoms with E-state index in [1.165, 1.54) is 63.9 Å². The number of carbonyl (C=O) groups is 1. The molecular weight excluding hydrogens is 312 g/mol. The Kier molecular flexibility index (Phi) is 12.0. The van der Waals surface area contributed by atoms with Crippen molar-refractivity contribution in [1.29, 1.82) is 0 Å². The van der Waals surface area contributed by atoms with Gasteiger partial charge >= 0.3 is 5.97 Å². The zero-order valence-corrected chi connectivity index (χ0v) is 16.4. The summed E-state index contributed by atoms with van der Waals surface area (Å²) in [5.74, 6) is 0.321. The van der Waals surface area contributed by atoms with Gasteiger partial charge in [-0.25, -0.2) is 0 Å². The number of benzene rings is 1. The van der Waals surface area contributed by atoms with Gasteiger partial charge in [0.2, 0.25) is 0 Å². The molecule has 25 heavy (non-hydrogen) atoms. The molecule has 0 heterocycles. The van der Waals surface area contributed by atoms with E-state index in [0.29, 0.717) is 5.75 Å². The lowest BCUT2D eigenvalue weighted by Crippen LogP contribution is -2.16. The van der Waals surface area contributed by atoms with Crippen LogP contribution < -0.4 is 4.74 Å². The SMILES string of the molecule is CCCCCCCCCCC(Cc1ccc(OC(C)=O)cc1)OCC. The number of ether oxygens (including phenoxy) is 2. The van der Waals surface area contributed by atoms with Gasteiger partial charge in [-0.05, 0) is 37.5 Å². The quantitative estimate of drug-likeness (QED) is 0.232. The van der Waals surface area contributed by atoms with Gasteiger partial charge in [0, 0.05) is 13.5 Å². The predicted molar refractivity (Wildman–Crippen MR) is 104 cm³/mol. The van der Waals surface area contributed by atoms with Crippen LogP contribution in [-0.4, -0.2) is 18.7 Å². The molecule has 1 rings (SSSR count). The van der Waals surface area contributed by atoms with Gasteiger partial charge in [0.1, 0.15) is 5.75 Å². The zero-order valence-electron chi connectivity index (χ0n) is 16.4. The first kappa shape index (κ1) is 21.7. The third kappa shape index (κ3) is 11.0. The molecule has 0 aliphatic heterocycles. The molecule has 3 heteroatoms. The Bertz CT molecular complexity index is 453. The lowest BCUT2D eigenvalue weighted by atomic mass is 10.0. The number of carbonyl (C=O) groups excluding carboxylic acids is 1. The molecule has 0 N–H and O–H groups in total. The molecule has 142 valence electrons. The number of unbranched alkanes of at least 4 members (excludes halogenated alkanes) is 7. The molecular formula is C22H36O3. The largest absolute Gasteiger partial charge is 0.427 e. The first-order valence-corrected chi connectivity index (χ1v) is 10.0. The van der Waals surface area contributed by atoms with E-state index in [0.717, 1.165) is 19.4 Å². The standard InChI is InChI=1S/C22H36O3/c1-4-6-7-8-9-10-11-12-13-22(24-5-2)18-20-14-16-21(17-15-20)25-19(3)23/h14-17,22H,4-13,18H2,1-3H3. The van der Waals surface area contributed by atoms with Gasteiger partial charge in [-0.2, -0.15) is 0 Å². The highest BCUT2D eigenvalue weighted by molar-refractivity contribution is 5.69. The summed E-state index contributed by atoms with van der Waals surface area (Å²) in [5, 5.41) is 0. The molecule has 0 bridgehead atoms. The van der Waals surface area contributed by atoms with Crippen LogP contribution in [0.1, 0.15) is 84.1 Å². The molecule has 0 spiro atoms. The normalized spacial score (nSPS) is 12.1. The van der Waals surface area contributed by atoms with Gasteiger partial charge in [-0.1, -0.05) is 70.4 Å². The van der Waals surface area contributed by atoms with E-state index in [9.17, 15) is 4.79 Å². The molecule has 0 saturated heterocycles. The summed E-state index contributed by atoms with van der Waals surface area (Å²) >= 11 is 0. The summed E-state index contributed by atoms with van der Waals surface area (Å²) in [7, 11) is 0. The molecule has 1 atom stereocenters. The molecule has 0 fully saturated rings. The Balaban J connectivity index is 2.27. The van der Waals surface area contributed by atoms with Gasteiger partial charge in [0.15, 0.2) is 0 Å². The lowest BCUT2D eigenvalue weighted by Gasteiger charge is -2.17. The molecule has 0 amide bonds. The molecule has 0 aliphatic rings. The molecule has 1 aromatic carbocycles. The minimum atomic E-state index is -0.283.